The topological polar surface area (TPSA) is 80.9 Å². The van der Waals surface area contributed by atoms with Crippen molar-refractivity contribution in [3.63, 3.8) is 0 Å². The van der Waals surface area contributed by atoms with Crippen LogP contribution in [0.4, 0.5) is 10.2 Å². The highest BCUT2D eigenvalue weighted by Crippen LogP contribution is 2.48. The molecule has 0 atom stereocenters. The maximum Gasteiger partial charge on any atom is 0.248 e. The lowest BCUT2D eigenvalue weighted by Crippen LogP contribution is -2.20. The van der Waals surface area contributed by atoms with Gasteiger partial charge in [0.2, 0.25) is 5.91 Å². The summed E-state index contributed by atoms with van der Waals surface area (Å²) >= 11 is 0. The first-order valence-corrected chi connectivity index (χ1v) is 8.80. The van der Waals surface area contributed by atoms with E-state index in [4.69, 9.17) is 5.73 Å². The van der Waals surface area contributed by atoms with Crippen molar-refractivity contribution in [1.29, 1.82) is 0 Å². The van der Waals surface area contributed by atoms with Crippen LogP contribution in [0.15, 0.2) is 60.7 Å². The number of hydrogen-bond donors (Lipinski definition) is 2. The number of rotatable bonds is 6. The van der Waals surface area contributed by atoms with Gasteiger partial charge in [0, 0.05) is 23.1 Å². The Labute approximate surface area is 156 Å². The normalized spacial score (nSPS) is 14.6. The Kier molecular flexibility index (Phi) is 4.32. The Morgan fingerprint density at radius 3 is 2.48 bits per heavy atom. The highest BCUT2D eigenvalue weighted by Gasteiger charge is 2.44. The largest absolute Gasteiger partial charge is 0.368 e. The molecule has 1 heterocycles. The predicted molar refractivity (Wildman–Crippen MR) is 102 cm³/mol. The van der Waals surface area contributed by atoms with E-state index in [1.54, 1.807) is 18.2 Å². The van der Waals surface area contributed by atoms with Gasteiger partial charge in [-0.15, -0.1) is 10.2 Å². The second-order valence-electron chi connectivity index (χ2n) is 6.89. The number of halogens is 1. The molecular formula is C21H19FN4O. The van der Waals surface area contributed by atoms with Crippen LogP contribution >= 0.6 is 0 Å². The molecule has 3 N–H and O–H groups in total. The molecule has 0 aliphatic heterocycles. The van der Waals surface area contributed by atoms with Gasteiger partial charge in [-0.1, -0.05) is 24.3 Å². The summed E-state index contributed by atoms with van der Waals surface area (Å²) in [7, 11) is 0. The minimum atomic E-state index is -0.473. The number of carbonyl (C=O) groups excluding carboxylic acids is 1. The monoisotopic (exact) mass is 362 g/mol. The summed E-state index contributed by atoms with van der Waals surface area (Å²) in [4.78, 5) is 11.3. The van der Waals surface area contributed by atoms with Crippen LogP contribution in [0, 0.1) is 5.82 Å². The van der Waals surface area contributed by atoms with Crippen molar-refractivity contribution in [2.24, 2.45) is 5.73 Å². The summed E-state index contributed by atoms with van der Waals surface area (Å²) in [5.74, 6) is -0.0128. The molecule has 3 aromatic rings. The molecular weight excluding hydrogens is 343 g/mol. The Balaban J connectivity index is 1.45. The van der Waals surface area contributed by atoms with Gasteiger partial charge in [0.05, 0.1) is 5.69 Å². The first-order chi connectivity index (χ1) is 13.1. The van der Waals surface area contributed by atoms with Gasteiger partial charge in [-0.2, -0.15) is 0 Å². The Bertz CT molecular complexity index is 966. The summed E-state index contributed by atoms with van der Waals surface area (Å²) in [5, 5.41) is 11.8. The van der Waals surface area contributed by atoms with Crippen LogP contribution in [0.25, 0.3) is 11.3 Å². The minimum Gasteiger partial charge on any atom is -0.368 e. The molecule has 27 heavy (non-hydrogen) atoms. The number of carbonyl (C=O) groups is 1. The van der Waals surface area contributed by atoms with Crippen LogP contribution < -0.4 is 11.1 Å². The molecule has 0 bridgehead atoms. The molecule has 0 unspecified atom stereocenters. The molecule has 1 aromatic heterocycles. The SMILES string of the molecule is NC(=O)c1cccc(-c2ccc(NCC3(c4ccc(F)cc4)CC3)nn2)c1. The van der Waals surface area contributed by atoms with Gasteiger partial charge in [0.15, 0.2) is 0 Å². The van der Waals surface area contributed by atoms with E-state index in [0.717, 1.165) is 30.5 Å². The first-order valence-electron chi connectivity index (χ1n) is 8.80. The molecule has 4 rings (SSSR count). The third-order valence-corrected chi connectivity index (χ3v) is 5.03. The number of primary amides is 1. The number of nitrogens with zero attached hydrogens (tertiary/aromatic N) is 2. The van der Waals surface area contributed by atoms with Crippen LogP contribution in [0.1, 0.15) is 28.8 Å². The summed E-state index contributed by atoms with van der Waals surface area (Å²) in [6, 6.07) is 17.4. The number of nitrogens with two attached hydrogens (primary N) is 1. The van der Waals surface area contributed by atoms with Crippen molar-refractivity contribution in [1.82, 2.24) is 10.2 Å². The van der Waals surface area contributed by atoms with E-state index in [9.17, 15) is 9.18 Å². The standard InChI is InChI=1S/C21H19FN4O/c22-17-6-4-16(5-7-17)21(10-11-21)13-24-19-9-8-18(25-26-19)14-2-1-3-15(12-14)20(23)27/h1-9,12H,10-11,13H2,(H2,23,27)(H,24,26). The molecule has 1 amide bonds. The molecule has 2 aromatic carbocycles. The summed E-state index contributed by atoms with van der Waals surface area (Å²) in [6.45, 7) is 0.726. The van der Waals surface area contributed by atoms with Gasteiger partial charge in [-0.05, 0) is 54.8 Å². The maximum absolute atomic E-state index is 13.1. The Morgan fingerprint density at radius 1 is 1.07 bits per heavy atom. The second-order valence-corrected chi connectivity index (χ2v) is 6.89. The zero-order chi connectivity index (χ0) is 18.9. The summed E-state index contributed by atoms with van der Waals surface area (Å²) in [5.41, 5.74) is 8.40. The van der Waals surface area contributed by atoms with Crippen LogP contribution in [-0.4, -0.2) is 22.6 Å². The van der Waals surface area contributed by atoms with Gasteiger partial charge < -0.3 is 11.1 Å². The van der Waals surface area contributed by atoms with Gasteiger partial charge in [0.1, 0.15) is 11.6 Å². The van der Waals surface area contributed by atoms with Crippen molar-refractivity contribution in [3.05, 3.63) is 77.6 Å². The fourth-order valence-corrected chi connectivity index (χ4v) is 3.19. The third-order valence-electron chi connectivity index (χ3n) is 5.03. The van der Waals surface area contributed by atoms with Crippen molar-refractivity contribution in [2.45, 2.75) is 18.3 Å². The molecule has 0 spiro atoms. The number of anilines is 1. The van der Waals surface area contributed by atoms with E-state index in [0.29, 0.717) is 17.1 Å². The number of aromatic nitrogens is 2. The zero-order valence-electron chi connectivity index (χ0n) is 14.7. The number of amides is 1. The molecule has 1 fully saturated rings. The molecule has 1 saturated carbocycles. The number of benzene rings is 2. The van der Waals surface area contributed by atoms with Crippen LogP contribution in [0.2, 0.25) is 0 Å². The minimum absolute atomic E-state index is 0.0455. The highest BCUT2D eigenvalue weighted by molar-refractivity contribution is 5.93. The van der Waals surface area contributed by atoms with E-state index in [1.165, 1.54) is 12.1 Å². The van der Waals surface area contributed by atoms with E-state index in [2.05, 4.69) is 15.5 Å². The molecule has 5 nitrogen and oxygen atoms in total. The molecule has 136 valence electrons. The average Bonchev–Trinajstić information content (AvgIpc) is 3.48. The summed E-state index contributed by atoms with van der Waals surface area (Å²) in [6.07, 6.45) is 2.13. The fraction of sp³-hybridized carbons (Fsp3) is 0.190. The molecule has 1 aliphatic carbocycles. The van der Waals surface area contributed by atoms with Crippen molar-refractivity contribution < 1.29 is 9.18 Å². The lowest BCUT2D eigenvalue weighted by atomic mass is 9.96. The van der Waals surface area contributed by atoms with Gasteiger partial charge in [0.25, 0.3) is 0 Å². The van der Waals surface area contributed by atoms with E-state index in [1.807, 2.05) is 30.3 Å². The lowest BCUT2D eigenvalue weighted by Gasteiger charge is -2.17. The third kappa shape index (κ3) is 3.65. The zero-order valence-corrected chi connectivity index (χ0v) is 14.7. The Hall–Kier alpha value is -3.28. The summed E-state index contributed by atoms with van der Waals surface area (Å²) < 4.78 is 13.1. The van der Waals surface area contributed by atoms with E-state index in [-0.39, 0.29) is 11.2 Å². The van der Waals surface area contributed by atoms with E-state index < -0.39 is 5.91 Å². The molecule has 6 heteroatoms. The van der Waals surface area contributed by atoms with Crippen LogP contribution in [-0.2, 0) is 5.41 Å². The fourth-order valence-electron chi connectivity index (χ4n) is 3.19. The number of hydrogen-bond acceptors (Lipinski definition) is 4. The van der Waals surface area contributed by atoms with Crippen LogP contribution in [0.5, 0.6) is 0 Å². The maximum atomic E-state index is 13.1. The van der Waals surface area contributed by atoms with Crippen molar-refractivity contribution >= 4 is 11.7 Å². The predicted octanol–water partition coefficient (Wildman–Crippen LogP) is 3.53. The smallest absolute Gasteiger partial charge is 0.248 e. The van der Waals surface area contributed by atoms with E-state index >= 15 is 0 Å². The second kappa shape index (κ2) is 6.79. The van der Waals surface area contributed by atoms with Gasteiger partial charge >= 0.3 is 0 Å². The molecule has 0 saturated heterocycles. The van der Waals surface area contributed by atoms with Gasteiger partial charge in [-0.3, -0.25) is 4.79 Å². The first kappa shape index (κ1) is 17.1. The van der Waals surface area contributed by atoms with Gasteiger partial charge in [-0.25, -0.2) is 4.39 Å². The van der Waals surface area contributed by atoms with Crippen molar-refractivity contribution in [3.8, 4) is 11.3 Å². The highest BCUT2D eigenvalue weighted by atomic mass is 19.1. The van der Waals surface area contributed by atoms with Crippen LogP contribution in [0.3, 0.4) is 0 Å². The van der Waals surface area contributed by atoms with Crippen molar-refractivity contribution in [2.75, 3.05) is 11.9 Å². The Morgan fingerprint density at radius 2 is 1.85 bits per heavy atom. The number of nitrogens with one attached hydrogen (secondary N) is 1. The quantitative estimate of drug-likeness (QED) is 0.703. The average molecular weight is 362 g/mol. The lowest BCUT2D eigenvalue weighted by molar-refractivity contribution is 0.100. The molecule has 0 radical (unpaired) electrons. The molecule has 1 aliphatic rings.